The number of methoxy groups -OCH3 is 4. The Labute approximate surface area is 423 Å². The van der Waals surface area contributed by atoms with E-state index in [0.29, 0.717) is 53.2 Å². The van der Waals surface area contributed by atoms with Gasteiger partial charge in [-0.15, -0.1) is 0 Å². The smallest absolute Gasteiger partial charge is 0.302 e. The number of Topliss-reactive ketones (excluding diaryl/α,β-unsaturated/α-hetero) is 4. The van der Waals surface area contributed by atoms with Gasteiger partial charge >= 0.3 is 5.97 Å². The molecule has 2 aliphatic carbocycles. The molecule has 8 atom stereocenters. The molecule has 6 aliphatic heterocycles. The van der Waals surface area contributed by atoms with Crippen LogP contribution in [0.3, 0.4) is 0 Å². The molecule has 18 nitrogen and oxygen atoms in total. The number of nitrogens with zero attached hydrogens (tertiary/aromatic N) is 6. The van der Waals surface area contributed by atoms with Crippen LogP contribution in [0.4, 0.5) is 0 Å². The summed E-state index contributed by atoms with van der Waals surface area (Å²) in [5, 5.41) is 43.4. The number of piperazine rings is 2. The number of hydrogen-bond acceptors (Lipinski definition) is 18. The molecule has 8 aliphatic rings. The van der Waals surface area contributed by atoms with Gasteiger partial charge in [-0.2, -0.15) is 10.5 Å². The van der Waals surface area contributed by atoms with Gasteiger partial charge in [-0.3, -0.25) is 33.8 Å². The molecule has 18 heteroatoms. The van der Waals surface area contributed by atoms with Crippen LogP contribution in [-0.2, 0) is 51.0 Å². The quantitative estimate of drug-likeness (QED) is 0.278. The number of phenols is 2. The van der Waals surface area contributed by atoms with Crippen LogP contribution in [0.1, 0.15) is 79.6 Å². The second kappa shape index (κ2) is 18.4. The lowest BCUT2D eigenvalue weighted by Crippen LogP contribution is -2.65. The zero-order valence-electron chi connectivity index (χ0n) is 42.9. The number of aryl methyl sites for hydroxylation is 2. The van der Waals surface area contributed by atoms with Crippen molar-refractivity contribution in [2.24, 2.45) is 0 Å². The Kier molecular flexibility index (Phi) is 12.7. The fourth-order valence-electron chi connectivity index (χ4n) is 12.9. The maximum atomic E-state index is 13.6. The summed E-state index contributed by atoms with van der Waals surface area (Å²) < 4.78 is 27.0. The van der Waals surface area contributed by atoms with Crippen molar-refractivity contribution in [3.63, 3.8) is 0 Å². The Morgan fingerprint density at radius 3 is 1.41 bits per heavy atom. The lowest BCUT2D eigenvalue weighted by molar-refractivity contribution is -0.143. The highest BCUT2D eigenvalue weighted by Crippen LogP contribution is 2.56. The molecule has 73 heavy (non-hydrogen) atoms. The molecule has 0 saturated carbocycles. The van der Waals surface area contributed by atoms with Crippen LogP contribution in [0, 0.1) is 36.5 Å². The summed E-state index contributed by atoms with van der Waals surface area (Å²) >= 11 is 0. The van der Waals surface area contributed by atoms with Crippen LogP contribution in [0.15, 0.2) is 80.6 Å². The molecule has 2 saturated heterocycles. The number of aromatic hydroxyl groups is 2. The minimum atomic E-state index is -0.900. The first-order chi connectivity index (χ1) is 34.8. The van der Waals surface area contributed by atoms with Gasteiger partial charge in [0.05, 0.1) is 64.7 Å². The number of esters is 1. The number of carbonyl (C=O) groups is 5. The number of fused-ring (bicyclic) bond motifs is 12. The Hall–Kier alpha value is -7.67. The molecule has 4 bridgehead atoms. The predicted octanol–water partition coefficient (Wildman–Crippen LogP) is 4.87. The zero-order valence-corrected chi connectivity index (χ0v) is 42.9. The van der Waals surface area contributed by atoms with Crippen molar-refractivity contribution in [3.8, 4) is 35.1 Å². The molecule has 2 aromatic rings. The number of benzene rings is 2. The topological polar surface area (TPSA) is 232 Å². The summed E-state index contributed by atoms with van der Waals surface area (Å²) in [6.07, 6.45) is 4.95. The normalized spacial score (nSPS) is 26.9. The van der Waals surface area contributed by atoms with Gasteiger partial charge in [-0.1, -0.05) is 19.1 Å². The summed E-state index contributed by atoms with van der Waals surface area (Å²) in [6, 6.07) is 4.80. The number of hydrogen-bond donors (Lipinski definition) is 2. The molecule has 0 unspecified atom stereocenters. The second-order valence-corrected chi connectivity index (χ2v) is 19.6. The summed E-state index contributed by atoms with van der Waals surface area (Å²) in [4.78, 5) is 73.8. The molecule has 2 fully saturated rings. The maximum absolute atomic E-state index is 13.6. The number of rotatable bonds is 7. The lowest BCUT2D eigenvalue weighted by Gasteiger charge is -2.57. The van der Waals surface area contributed by atoms with Crippen molar-refractivity contribution in [3.05, 3.63) is 114 Å². The van der Waals surface area contributed by atoms with Gasteiger partial charge in [0.1, 0.15) is 18.7 Å². The number of carbonyl (C=O) groups excluding carboxylic acids is 5. The molecule has 0 aromatic heterocycles. The van der Waals surface area contributed by atoms with E-state index in [1.54, 1.807) is 24.0 Å². The second-order valence-electron chi connectivity index (χ2n) is 19.6. The minimum Gasteiger partial charge on any atom is -0.504 e. The van der Waals surface area contributed by atoms with Gasteiger partial charge in [-0.25, -0.2) is 0 Å². The van der Waals surface area contributed by atoms with E-state index in [2.05, 4.69) is 17.0 Å². The van der Waals surface area contributed by atoms with E-state index in [9.17, 15) is 44.7 Å². The number of allylic oxidation sites excluding steroid dienone is 8. The average Bonchev–Trinajstić information content (AvgIpc) is 3.35. The Morgan fingerprint density at radius 1 is 0.658 bits per heavy atom. The number of phenolic OH excluding ortho intramolecular Hbond substituents is 2. The lowest BCUT2D eigenvalue weighted by atomic mass is 9.73. The van der Waals surface area contributed by atoms with E-state index in [1.807, 2.05) is 56.8 Å². The van der Waals surface area contributed by atoms with E-state index in [1.165, 1.54) is 42.3 Å². The van der Waals surface area contributed by atoms with Crippen LogP contribution in [0.5, 0.6) is 23.0 Å². The average molecular weight is 995 g/mol. The van der Waals surface area contributed by atoms with Gasteiger partial charge in [0, 0.05) is 75.0 Å². The van der Waals surface area contributed by atoms with Crippen molar-refractivity contribution >= 4 is 29.1 Å². The van der Waals surface area contributed by atoms with Crippen LogP contribution < -0.4 is 9.47 Å². The van der Waals surface area contributed by atoms with Gasteiger partial charge in [0.15, 0.2) is 46.1 Å². The van der Waals surface area contributed by atoms with E-state index in [4.69, 9.17) is 23.7 Å². The first-order valence-corrected chi connectivity index (χ1v) is 24.1. The highest BCUT2D eigenvalue weighted by molar-refractivity contribution is 6.27. The standard InChI is InChI=1S/C28H29N3O7.C27H29N3O5/c1-12-7-15-8-17-19(10-29)31-18(23(30(17)4)21(15)25(34)27(12)36-5)9-16-22(20(31)11-38-14(3)32)26(35)28(37-6)13(2)24(16)33;1-7-16-21-15(23(31)13(3)27(35-6)25(21)33)10-18-22-20-14(8-12(2)26(34-5)24(20)32)9-17(29(22)4)19(11-28)30(16)18/h7,9,17,19-20,23,34H,8,11H2,1-6H3;8,10,16-17,19,22,32H,7,9H2,1-6H3/t17-,19-,20-,23-;16-,17-,19-,22-/m00/s1. The van der Waals surface area contributed by atoms with Crippen LogP contribution in [0.25, 0.3) is 0 Å². The Morgan fingerprint density at radius 2 is 1.05 bits per heavy atom. The van der Waals surface area contributed by atoms with E-state index in [0.717, 1.165) is 33.5 Å². The Balaban J connectivity index is 0.000000180. The molecule has 380 valence electrons. The summed E-state index contributed by atoms with van der Waals surface area (Å²) in [5.74, 6) is -1.12. The summed E-state index contributed by atoms with van der Waals surface area (Å²) in [5.41, 5.74) is 7.57. The molecule has 10 rings (SSSR count). The van der Waals surface area contributed by atoms with Crippen LogP contribution in [0.2, 0.25) is 0 Å². The van der Waals surface area contributed by atoms with Crippen molar-refractivity contribution in [1.82, 2.24) is 19.6 Å². The summed E-state index contributed by atoms with van der Waals surface area (Å²) in [7, 11) is 9.56. The maximum Gasteiger partial charge on any atom is 0.302 e. The van der Waals surface area contributed by atoms with Crippen molar-refractivity contribution in [2.45, 2.75) is 109 Å². The molecule has 0 radical (unpaired) electrons. The molecular weight excluding hydrogens is 937 g/mol. The van der Waals surface area contributed by atoms with E-state index < -0.39 is 48.0 Å². The van der Waals surface area contributed by atoms with Gasteiger partial charge in [0.2, 0.25) is 11.6 Å². The van der Waals surface area contributed by atoms with E-state index >= 15 is 0 Å². The van der Waals surface area contributed by atoms with Crippen molar-refractivity contribution < 1.29 is 57.9 Å². The SMILES string of the molecule is CC[C@H]1C2=C(C=C3[C@H]4c5c(cc(C)c(OC)c5O)C[C@@H]([C@H](C#N)N31)N4C)C(=O)C(C)=C(OC)C2=O.COC1=C(C)C(=O)C2=C(C1=O)[C@H](COC(C)=O)N1C(=C2)[C@H]2c3c(cc(C)c(OC)c3O)C[C@@H]([C@@H]1C#N)N2C. The van der Waals surface area contributed by atoms with Crippen molar-refractivity contribution in [2.75, 3.05) is 49.1 Å². The Bertz CT molecular complexity index is 3160. The first-order valence-electron chi connectivity index (χ1n) is 24.1. The fourth-order valence-corrected chi connectivity index (χ4v) is 12.9. The monoisotopic (exact) mass is 994 g/mol. The third-order valence-corrected chi connectivity index (χ3v) is 16.0. The van der Waals surface area contributed by atoms with Crippen LogP contribution in [-0.4, -0.2) is 144 Å². The van der Waals surface area contributed by atoms with Crippen molar-refractivity contribution in [1.29, 1.82) is 10.5 Å². The number of ketones is 4. The van der Waals surface area contributed by atoms with Gasteiger partial charge < -0.3 is 43.7 Å². The highest BCUT2D eigenvalue weighted by Gasteiger charge is 2.56. The van der Waals surface area contributed by atoms with E-state index in [-0.39, 0.29) is 81.4 Å². The molecule has 0 amide bonds. The number of likely N-dealkylation sites (N-methyl/N-ethyl adjacent to an activating group) is 2. The predicted molar refractivity (Wildman–Crippen MR) is 261 cm³/mol. The first kappa shape index (κ1) is 50.3. The molecule has 2 aromatic carbocycles. The van der Waals surface area contributed by atoms with Gasteiger partial charge in [0.25, 0.3) is 0 Å². The molecule has 0 spiro atoms. The molecular formula is C55H58N6O12. The van der Waals surface area contributed by atoms with Crippen LogP contribution >= 0.6 is 0 Å². The third-order valence-electron chi connectivity index (χ3n) is 16.0. The summed E-state index contributed by atoms with van der Waals surface area (Å²) in [6.45, 7) is 9.85. The molecule has 2 N–H and O–H groups in total. The largest absolute Gasteiger partial charge is 0.504 e. The molecule has 6 heterocycles. The third kappa shape index (κ3) is 7.12. The fraction of sp³-hybridized carbons (Fsp3) is 0.436. The number of ether oxygens (including phenoxy) is 5. The zero-order chi connectivity index (χ0) is 53.0. The van der Waals surface area contributed by atoms with Gasteiger partial charge in [-0.05, 0) is 95.5 Å². The number of nitriles is 2. The minimum absolute atomic E-state index is 0.00540. The highest BCUT2D eigenvalue weighted by atomic mass is 16.5.